The fourth-order valence-corrected chi connectivity index (χ4v) is 1.61. The first-order valence-electron chi connectivity index (χ1n) is 5.84. The summed E-state index contributed by atoms with van der Waals surface area (Å²) in [7, 11) is 0. The van der Waals surface area contributed by atoms with Crippen LogP contribution in [0.15, 0.2) is 47.3 Å². The van der Waals surface area contributed by atoms with Crippen LogP contribution in [0, 0.1) is 10.1 Å². The number of rotatable bonds is 4. The van der Waals surface area contributed by atoms with Gasteiger partial charge in [-0.15, -0.1) is 5.10 Å². The van der Waals surface area contributed by atoms with Crippen LogP contribution in [-0.2, 0) is 0 Å². The average Bonchev–Trinajstić information content (AvgIpc) is 2.97. The molecule has 9 nitrogen and oxygen atoms in total. The molecule has 0 atom stereocenters. The van der Waals surface area contributed by atoms with Gasteiger partial charge in [-0.2, -0.15) is 0 Å². The lowest BCUT2D eigenvalue weighted by Gasteiger charge is -2.00. The van der Waals surface area contributed by atoms with Gasteiger partial charge in [0.2, 0.25) is 0 Å². The Bertz CT molecular complexity index is 773. The molecule has 0 saturated heterocycles. The number of anilines is 2. The summed E-state index contributed by atoms with van der Waals surface area (Å²) < 4.78 is 5.37. The number of nitro groups is 1. The highest BCUT2D eigenvalue weighted by atomic mass is 16.6. The van der Waals surface area contributed by atoms with Crippen molar-refractivity contribution in [2.45, 2.75) is 0 Å². The Kier molecular flexibility index (Phi) is 3.21. The van der Waals surface area contributed by atoms with Crippen molar-refractivity contribution in [3.8, 4) is 11.6 Å². The summed E-state index contributed by atoms with van der Waals surface area (Å²) in [5.74, 6) is 0.205. The number of nitrogens with zero attached hydrogens (tertiary/aromatic N) is 5. The maximum Gasteiger partial charge on any atom is 0.320 e. The summed E-state index contributed by atoms with van der Waals surface area (Å²) in [4.78, 5) is 18.2. The topological polar surface area (TPSA) is 120 Å². The Morgan fingerprint density at radius 2 is 2.14 bits per heavy atom. The van der Waals surface area contributed by atoms with Gasteiger partial charge in [-0.25, -0.2) is 4.98 Å². The molecule has 3 aromatic rings. The molecule has 21 heavy (non-hydrogen) atoms. The van der Waals surface area contributed by atoms with Gasteiger partial charge >= 0.3 is 6.01 Å². The summed E-state index contributed by atoms with van der Waals surface area (Å²) in [5, 5.41) is 21.1. The number of hydrogen-bond acceptors (Lipinski definition) is 8. The third-order valence-electron chi connectivity index (χ3n) is 2.52. The second kappa shape index (κ2) is 5.33. The highest BCUT2D eigenvalue weighted by molar-refractivity contribution is 5.57. The first-order chi connectivity index (χ1) is 10.2. The van der Waals surface area contributed by atoms with E-state index in [0.717, 1.165) is 0 Å². The molecule has 3 rings (SSSR count). The summed E-state index contributed by atoms with van der Waals surface area (Å²) in [5.41, 5.74) is 0.879. The van der Waals surface area contributed by atoms with Crippen LogP contribution >= 0.6 is 0 Å². The van der Waals surface area contributed by atoms with Crippen LogP contribution in [0.4, 0.5) is 17.4 Å². The van der Waals surface area contributed by atoms with Crippen LogP contribution in [0.1, 0.15) is 0 Å². The number of non-ortho nitro benzene ring substituents is 1. The van der Waals surface area contributed by atoms with Crippen molar-refractivity contribution in [3.63, 3.8) is 0 Å². The maximum absolute atomic E-state index is 10.7. The summed E-state index contributed by atoms with van der Waals surface area (Å²) >= 11 is 0. The van der Waals surface area contributed by atoms with Gasteiger partial charge in [-0.05, 0) is 6.07 Å². The van der Waals surface area contributed by atoms with E-state index in [-0.39, 0.29) is 17.6 Å². The second-order valence-corrected chi connectivity index (χ2v) is 3.94. The lowest BCUT2D eigenvalue weighted by molar-refractivity contribution is -0.384. The largest absolute Gasteiger partial charge is 0.401 e. The second-order valence-electron chi connectivity index (χ2n) is 3.94. The Hall–Kier alpha value is -3.36. The molecule has 1 aromatic carbocycles. The molecule has 0 radical (unpaired) electrons. The van der Waals surface area contributed by atoms with Crippen molar-refractivity contribution in [2.24, 2.45) is 0 Å². The normalized spacial score (nSPS) is 10.3. The van der Waals surface area contributed by atoms with Gasteiger partial charge in [-0.3, -0.25) is 15.1 Å². The van der Waals surface area contributed by atoms with Crippen molar-refractivity contribution in [1.29, 1.82) is 0 Å². The molecule has 0 bridgehead atoms. The number of benzene rings is 1. The van der Waals surface area contributed by atoms with E-state index in [4.69, 9.17) is 4.42 Å². The first kappa shape index (κ1) is 12.7. The summed E-state index contributed by atoms with van der Waals surface area (Å²) in [6.45, 7) is 0. The van der Waals surface area contributed by atoms with E-state index in [1.165, 1.54) is 30.7 Å². The van der Waals surface area contributed by atoms with Crippen molar-refractivity contribution in [1.82, 2.24) is 20.2 Å². The molecule has 0 fully saturated rings. The standard InChI is InChI=1S/C12H8N6O3/c19-18(20)9-3-1-2-8(6-9)15-12-17-16-11(21-12)10-7-13-4-5-14-10/h1-7H,(H,15,17). The average molecular weight is 284 g/mol. The first-order valence-corrected chi connectivity index (χ1v) is 5.84. The van der Waals surface area contributed by atoms with E-state index in [0.29, 0.717) is 11.4 Å². The monoisotopic (exact) mass is 284 g/mol. The van der Waals surface area contributed by atoms with Crippen LogP contribution in [0.3, 0.4) is 0 Å². The van der Waals surface area contributed by atoms with Gasteiger partial charge < -0.3 is 9.73 Å². The molecule has 0 amide bonds. The Morgan fingerprint density at radius 1 is 1.24 bits per heavy atom. The minimum absolute atomic E-state index is 0.0336. The third-order valence-corrected chi connectivity index (χ3v) is 2.52. The fourth-order valence-electron chi connectivity index (χ4n) is 1.61. The van der Waals surface area contributed by atoms with E-state index in [1.54, 1.807) is 12.1 Å². The highest BCUT2D eigenvalue weighted by Crippen LogP contribution is 2.22. The zero-order valence-corrected chi connectivity index (χ0v) is 10.5. The molecule has 0 unspecified atom stereocenters. The lowest BCUT2D eigenvalue weighted by Crippen LogP contribution is -1.93. The smallest absolute Gasteiger partial charge is 0.320 e. The number of nitro benzene ring substituents is 1. The highest BCUT2D eigenvalue weighted by Gasteiger charge is 2.11. The molecule has 0 aliphatic carbocycles. The van der Waals surface area contributed by atoms with Crippen molar-refractivity contribution < 1.29 is 9.34 Å². The summed E-state index contributed by atoms with van der Waals surface area (Å²) in [6.07, 6.45) is 4.53. The van der Waals surface area contributed by atoms with Gasteiger partial charge in [0, 0.05) is 30.2 Å². The molecule has 1 N–H and O–H groups in total. The minimum Gasteiger partial charge on any atom is -0.401 e. The molecule has 0 spiro atoms. The van der Waals surface area contributed by atoms with E-state index in [2.05, 4.69) is 25.5 Å². The van der Waals surface area contributed by atoms with Gasteiger partial charge in [0.05, 0.1) is 11.1 Å². The Balaban J connectivity index is 1.82. The van der Waals surface area contributed by atoms with Crippen molar-refractivity contribution in [3.05, 3.63) is 53.0 Å². The molecule has 2 heterocycles. The predicted octanol–water partition coefficient (Wildman–Crippen LogP) is 2.18. The molecule has 2 aromatic heterocycles. The molecule has 9 heteroatoms. The Labute approximate surface area is 117 Å². The molecular weight excluding hydrogens is 276 g/mol. The van der Waals surface area contributed by atoms with Crippen LogP contribution in [-0.4, -0.2) is 25.1 Å². The van der Waals surface area contributed by atoms with E-state index < -0.39 is 4.92 Å². The predicted molar refractivity (Wildman–Crippen MR) is 71.7 cm³/mol. The number of nitrogens with one attached hydrogen (secondary N) is 1. The maximum atomic E-state index is 10.7. The van der Waals surface area contributed by atoms with Crippen LogP contribution < -0.4 is 5.32 Å². The summed E-state index contributed by atoms with van der Waals surface area (Å²) in [6, 6.07) is 6.08. The zero-order valence-electron chi connectivity index (χ0n) is 10.5. The SMILES string of the molecule is O=[N+]([O-])c1cccc(Nc2nnc(-c3cnccn3)o2)c1. The van der Waals surface area contributed by atoms with E-state index in [9.17, 15) is 10.1 Å². The van der Waals surface area contributed by atoms with Crippen molar-refractivity contribution >= 4 is 17.4 Å². The quantitative estimate of drug-likeness (QED) is 0.571. The zero-order chi connectivity index (χ0) is 14.7. The fraction of sp³-hybridized carbons (Fsp3) is 0. The van der Waals surface area contributed by atoms with Crippen LogP contribution in [0.2, 0.25) is 0 Å². The number of aromatic nitrogens is 4. The van der Waals surface area contributed by atoms with Crippen LogP contribution in [0.25, 0.3) is 11.6 Å². The molecule has 0 saturated carbocycles. The minimum atomic E-state index is -0.482. The number of hydrogen-bond donors (Lipinski definition) is 1. The molecular formula is C12H8N6O3. The van der Waals surface area contributed by atoms with Gasteiger partial charge in [0.15, 0.2) is 0 Å². The van der Waals surface area contributed by atoms with Crippen molar-refractivity contribution in [2.75, 3.05) is 5.32 Å². The lowest BCUT2D eigenvalue weighted by atomic mass is 10.3. The van der Waals surface area contributed by atoms with Crippen LogP contribution in [0.5, 0.6) is 0 Å². The Morgan fingerprint density at radius 3 is 2.90 bits per heavy atom. The van der Waals surface area contributed by atoms with Gasteiger partial charge in [0.25, 0.3) is 11.6 Å². The van der Waals surface area contributed by atoms with Gasteiger partial charge in [0.1, 0.15) is 5.69 Å². The molecule has 104 valence electrons. The molecule has 0 aliphatic heterocycles. The third kappa shape index (κ3) is 2.81. The van der Waals surface area contributed by atoms with E-state index >= 15 is 0 Å². The van der Waals surface area contributed by atoms with E-state index in [1.807, 2.05) is 0 Å². The van der Waals surface area contributed by atoms with Gasteiger partial charge in [-0.1, -0.05) is 11.2 Å². The molecule has 0 aliphatic rings.